The molecule has 0 aromatic rings. The van der Waals surface area contributed by atoms with Gasteiger partial charge in [-0.2, -0.15) is 0 Å². The Kier molecular flexibility index (Phi) is 4.96. The highest BCUT2D eigenvalue weighted by Crippen LogP contribution is 2.50. The molecule has 0 heterocycles. The Balaban J connectivity index is 2.48. The van der Waals surface area contributed by atoms with Crippen LogP contribution >= 0.6 is 0 Å². The largest absolute Gasteiger partial charge is 0.469 e. The quantitative estimate of drug-likeness (QED) is 0.447. The van der Waals surface area contributed by atoms with Crippen LogP contribution in [0.5, 0.6) is 0 Å². The summed E-state index contributed by atoms with van der Waals surface area (Å²) in [4.78, 5) is 36.6. The molecular formula is C18H22O6. The molecular weight excluding hydrogens is 312 g/mol. The smallest absolute Gasteiger partial charge is 0.323 e. The fourth-order valence-electron chi connectivity index (χ4n) is 3.76. The topological polar surface area (TPSA) is 78.9 Å². The fourth-order valence-corrected chi connectivity index (χ4v) is 3.76. The van der Waals surface area contributed by atoms with Crippen molar-refractivity contribution in [3.8, 4) is 0 Å². The molecule has 0 spiro atoms. The van der Waals surface area contributed by atoms with E-state index in [4.69, 9.17) is 14.2 Å². The van der Waals surface area contributed by atoms with Gasteiger partial charge in [-0.05, 0) is 42.4 Å². The second kappa shape index (κ2) is 6.63. The number of hydrogen-bond donors (Lipinski definition) is 0. The van der Waals surface area contributed by atoms with Gasteiger partial charge in [0.05, 0.1) is 27.2 Å². The first-order valence-corrected chi connectivity index (χ1v) is 7.63. The molecule has 1 unspecified atom stereocenters. The summed E-state index contributed by atoms with van der Waals surface area (Å²) < 4.78 is 14.5. The maximum atomic E-state index is 12.4. The van der Waals surface area contributed by atoms with Crippen molar-refractivity contribution >= 4 is 17.9 Å². The third-order valence-electron chi connectivity index (χ3n) is 4.76. The van der Waals surface area contributed by atoms with Crippen molar-refractivity contribution in [2.45, 2.75) is 25.7 Å². The second-order valence-electron chi connectivity index (χ2n) is 6.23. The normalized spacial score (nSPS) is 22.5. The predicted molar refractivity (Wildman–Crippen MR) is 85.7 cm³/mol. The van der Waals surface area contributed by atoms with Gasteiger partial charge in [-0.15, -0.1) is 0 Å². The summed E-state index contributed by atoms with van der Waals surface area (Å²) in [6.45, 7) is 8.05. The number of ether oxygens (including phenoxy) is 3. The summed E-state index contributed by atoms with van der Waals surface area (Å²) in [5.74, 6) is -2.03. The Morgan fingerprint density at radius 3 is 2.00 bits per heavy atom. The molecule has 130 valence electrons. The van der Waals surface area contributed by atoms with E-state index in [0.717, 1.165) is 16.7 Å². The minimum absolute atomic E-state index is 0.118. The monoisotopic (exact) mass is 334 g/mol. The zero-order valence-corrected chi connectivity index (χ0v) is 14.3. The summed E-state index contributed by atoms with van der Waals surface area (Å²) in [6, 6.07) is 0. The first kappa shape index (κ1) is 18.0. The van der Waals surface area contributed by atoms with E-state index in [-0.39, 0.29) is 24.7 Å². The SMILES string of the molecule is C=C1CC(C(=O)OC)CC2=C1C(=C)CC(C(=O)OC)(C(=O)OC)C2. The van der Waals surface area contributed by atoms with Crippen molar-refractivity contribution in [2.24, 2.45) is 11.3 Å². The molecule has 6 nitrogen and oxygen atoms in total. The average molecular weight is 334 g/mol. The van der Waals surface area contributed by atoms with E-state index in [1.165, 1.54) is 21.3 Å². The predicted octanol–water partition coefficient (Wildman–Crippen LogP) is 2.10. The Labute approximate surface area is 141 Å². The average Bonchev–Trinajstić information content (AvgIpc) is 2.58. The molecule has 0 aromatic carbocycles. The van der Waals surface area contributed by atoms with Gasteiger partial charge in [-0.1, -0.05) is 18.7 Å². The van der Waals surface area contributed by atoms with Crippen molar-refractivity contribution < 1.29 is 28.6 Å². The number of carbonyl (C=O) groups is 3. The van der Waals surface area contributed by atoms with Crippen molar-refractivity contribution in [3.05, 3.63) is 35.5 Å². The van der Waals surface area contributed by atoms with Crippen molar-refractivity contribution in [3.63, 3.8) is 0 Å². The highest BCUT2D eigenvalue weighted by atomic mass is 16.5. The van der Waals surface area contributed by atoms with Crippen molar-refractivity contribution in [1.29, 1.82) is 0 Å². The molecule has 0 radical (unpaired) electrons. The van der Waals surface area contributed by atoms with Crippen LogP contribution in [0.4, 0.5) is 0 Å². The number of rotatable bonds is 3. The van der Waals surface area contributed by atoms with Crippen LogP contribution in [0.2, 0.25) is 0 Å². The molecule has 1 atom stereocenters. The molecule has 0 amide bonds. The molecule has 0 saturated heterocycles. The summed E-state index contributed by atoms with van der Waals surface area (Å²) in [5.41, 5.74) is 1.63. The van der Waals surface area contributed by atoms with Gasteiger partial charge >= 0.3 is 17.9 Å². The number of methoxy groups -OCH3 is 3. The van der Waals surface area contributed by atoms with Crippen LogP contribution in [0.15, 0.2) is 35.5 Å². The molecule has 0 bridgehead atoms. The van der Waals surface area contributed by atoms with Gasteiger partial charge in [0.1, 0.15) is 0 Å². The first-order valence-electron chi connectivity index (χ1n) is 7.63. The Morgan fingerprint density at radius 1 is 0.917 bits per heavy atom. The lowest BCUT2D eigenvalue weighted by molar-refractivity contribution is -0.169. The van der Waals surface area contributed by atoms with Crippen LogP contribution < -0.4 is 0 Å². The highest BCUT2D eigenvalue weighted by Gasteiger charge is 2.53. The van der Waals surface area contributed by atoms with Crippen LogP contribution in [0.25, 0.3) is 0 Å². The van der Waals surface area contributed by atoms with Gasteiger partial charge in [-0.25, -0.2) is 0 Å². The molecule has 2 aliphatic carbocycles. The van der Waals surface area contributed by atoms with Gasteiger partial charge in [0, 0.05) is 0 Å². The maximum Gasteiger partial charge on any atom is 0.323 e. The van der Waals surface area contributed by atoms with Gasteiger partial charge < -0.3 is 14.2 Å². The molecule has 0 N–H and O–H groups in total. The lowest BCUT2D eigenvalue weighted by atomic mass is 9.64. The Hall–Kier alpha value is -2.37. The molecule has 6 heteroatoms. The Bertz CT molecular complexity index is 638. The number of esters is 3. The minimum atomic E-state index is -1.46. The maximum absolute atomic E-state index is 12.4. The van der Waals surface area contributed by atoms with E-state index in [2.05, 4.69) is 13.2 Å². The molecule has 2 aliphatic rings. The number of carbonyl (C=O) groups excluding carboxylic acids is 3. The summed E-state index contributed by atoms with van der Waals surface area (Å²) >= 11 is 0. The standard InChI is InChI=1S/C18H22O6/c1-10-6-12(15(19)22-3)7-13-9-18(16(20)23-4,17(21)24-5)8-11(2)14(10)13/h12H,1-2,6-9H2,3-5H3. The molecule has 0 aliphatic heterocycles. The molecule has 0 aromatic heterocycles. The summed E-state index contributed by atoms with van der Waals surface area (Å²) in [6.07, 6.45) is 1.13. The molecule has 2 rings (SSSR count). The van der Waals surface area contributed by atoms with Crippen LogP contribution in [0.3, 0.4) is 0 Å². The van der Waals surface area contributed by atoms with Crippen LogP contribution in [0.1, 0.15) is 25.7 Å². The second-order valence-corrected chi connectivity index (χ2v) is 6.23. The van der Waals surface area contributed by atoms with Gasteiger partial charge in [0.25, 0.3) is 0 Å². The van der Waals surface area contributed by atoms with Crippen LogP contribution in [-0.2, 0) is 28.6 Å². The van der Waals surface area contributed by atoms with Gasteiger partial charge in [-0.3, -0.25) is 14.4 Å². The summed E-state index contributed by atoms with van der Waals surface area (Å²) in [5, 5.41) is 0. The third kappa shape index (κ3) is 2.77. The van der Waals surface area contributed by atoms with Crippen molar-refractivity contribution in [2.75, 3.05) is 21.3 Å². The zero-order valence-electron chi connectivity index (χ0n) is 14.3. The first-order chi connectivity index (χ1) is 11.3. The van der Waals surface area contributed by atoms with E-state index in [0.29, 0.717) is 18.4 Å². The Morgan fingerprint density at radius 2 is 1.50 bits per heavy atom. The lowest BCUT2D eigenvalue weighted by Crippen LogP contribution is -2.45. The third-order valence-corrected chi connectivity index (χ3v) is 4.76. The minimum Gasteiger partial charge on any atom is -0.469 e. The van der Waals surface area contributed by atoms with Crippen LogP contribution in [-0.4, -0.2) is 39.2 Å². The number of allylic oxidation sites excluding steroid dienone is 4. The van der Waals surface area contributed by atoms with Crippen LogP contribution in [0, 0.1) is 11.3 Å². The zero-order chi connectivity index (χ0) is 18.1. The van der Waals surface area contributed by atoms with E-state index >= 15 is 0 Å². The molecule has 0 saturated carbocycles. The molecule has 0 fully saturated rings. The van der Waals surface area contributed by atoms with Crippen molar-refractivity contribution in [1.82, 2.24) is 0 Å². The summed E-state index contributed by atoms with van der Waals surface area (Å²) in [7, 11) is 3.80. The lowest BCUT2D eigenvalue weighted by Gasteiger charge is -2.39. The fraction of sp³-hybridized carbons (Fsp3) is 0.500. The van der Waals surface area contributed by atoms with E-state index in [1.54, 1.807) is 0 Å². The van der Waals surface area contributed by atoms with Gasteiger partial charge in [0.2, 0.25) is 0 Å². The van der Waals surface area contributed by atoms with E-state index in [9.17, 15) is 14.4 Å². The number of hydrogen-bond acceptors (Lipinski definition) is 6. The van der Waals surface area contributed by atoms with Gasteiger partial charge in [0.15, 0.2) is 5.41 Å². The van der Waals surface area contributed by atoms with E-state index < -0.39 is 17.4 Å². The molecule has 24 heavy (non-hydrogen) atoms. The van der Waals surface area contributed by atoms with E-state index in [1.807, 2.05) is 0 Å². The highest BCUT2D eigenvalue weighted by molar-refractivity contribution is 6.01.